The number of amides is 1. The lowest BCUT2D eigenvalue weighted by Crippen LogP contribution is -2.40. The molecule has 2 aliphatic rings. The number of amidine groups is 2. The molecule has 6 nitrogen and oxygen atoms in total. The number of fused-ring (bicyclic) bond motifs is 3. The molecule has 2 heterocycles. The molecule has 0 unspecified atom stereocenters. The van der Waals surface area contributed by atoms with Gasteiger partial charge in [-0.25, -0.2) is 14.9 Å². The molecule has 0 bridgehead atoms. The number of anilines is 2. The summed E-state index contributed by atoms with van der Waals surface area (Å²) >= 11 is 0. The number of aryl methyl sites for hydroxylation is 2. The lowest BCUT2D eigenvalue weighted by atomic mass is 10.2. The van der Waals surface area contributed by atoms with E-state index in [2.05, 4.69) is 0 Å². The van der Waals surface area contributed by atoms with Crippen LogP contribution in [0.5, 0.6) is 0 Å². The second-order valence-corrected chi connectivity index (χ2v) is 7.63. The number of para-hydroxylation sites is 2. The van der Waals surface area contributed by atoms with E-state index in [9.17, 15) is 4.79 Å². The number of hydrogen-bond acceptors (Lipinski definition) is 3. The first-order chi connectivity index (χ1) is 15.0. The molecule has 0 atom stereocenters. The van der Waals surface area contributed by atoms with Crippen LogP contribution in [0.3, 0.4) is 0 Å². The van der Waals surface area contributed by atoms with Crippen molar-refractivity contribution in [1.82, 2.24) is 0 Å². The van der Waals surface area contributed by atoms with E-state index in [1.54, 1.807) is 4.90 Å². The topological polar surface area (TPSA) is 60.6 Å². The quantitative estimate of drug-likeness (QED) is 0.578. The first kappa shape index (κ1) is 18.9. The summed E-state index contributed by atoms with van der Waals surface area (Å²) in [5.74, 6) is 1.46. The van der Waals surface area contributed by atoms with E-state index < -0.39 is 0 Å². The Bertz CT molecular complexity index is 1270. The van der Waals surface area contributed by atoms with Crippen LogP contribution in [0.4, 0.5) is 22.7 Å². The zero-order valence-corrected chi connectivity index (χ0v) is 17.6. The first-order valence-corrected chi connectivity index (χ1v) is 10.1. The van der Waals surface area contributed by atoms with Crippen LogP contribution in [0.15, 0.2) is 87.8 Å². The third kappa shape index (κ3) is 3.32. The molecule has 6 heteroatoms. The van der Waals surface area contributed by atoms with Gasteiger partial charge in [0.25, 0.3) is 0 Å². The summed E-state index contributed by atoms with van der Waals surface area (Å²) in [6.07, 6.45) is 0. The van der Waals surface area contributed by atoms with E-state index in [4.69, 9.17) is 15.0 Å². The van der Waals surface area contributed by atoms with Gasteiger partial charge in [-0.1, -0.05) is 47.5 Å². The van der Waals surface area contributed by atoms with Crippen LogP contribution >= 0.6 is 0 Å². The highest BCUT2D eigenvalue weighted by Gasteiger charge is 2.43. The lowest BCUT2D eigenvalue weighted by molar-refractivity contribution is -0.115. The second-order valence-electron chi connectivity index (χ2n) is 7.63. The minimum atomic E-state index is -0.111. The average molecular weight is 407 g/mol. The fraction of sp³-hybridized carbons (Fsp3) is 0.120. The van der Waals surface area contributed by atoms with Crippen LogP contribution in [-0.2, 0) is 4.79 Å². The third-order valence-electron chi connectivity index (χ3n) is 5.23. The van der Waals surface area contributed by atoms with Gasteiger partial charge in [0.1, 0.15) is 0 Å². The summed E-state index contributed by atoms with van der Waals surface area (Å²) < 4.78 is 0. The molecule has 0 saturated carbocycles. The molecule has 2 aliphatic heterocycles. The summed E-state index contributed by atoms with van der Waals surface area (Å²) in [5, 5.41) is 0. The number of benzene rings is 3. The van der Waals surface area contributed by atoms with Gasteiger partial charge in [-0.2, -0.15) is 4.99 Å². The van der Waals surface area contributed by atoms with E-state index in [0.717, 1.165) is 33.9 Å². The summed E-state index contributed by atoms with van der Waals surface area (Å²) in [5.41, 5.74) is 5.55. The van der Waals surface area contributed by atoms with Crippen molar-refractivity contribution in [3.63, 3.8) is 0 Å². The maximum Gasteiger partial charge on any atom is 0.230 e. The van der Waals surface area contributed by atoms with Gasteiger partial charge in [-0.3, -0.25) is 9.69 Å². The van der Waals surface area contributed by atoms with E-state index in [1.807, 2.05) is 91.5 Å². The van der Waals surface area contributed by atoms with Crippen LogP contribution in [0.25, 0.3) is 0 Å². The minimum absolute atomic E-state index is 0.111. The van der Waals surface area contributed by atoms with Crippen molar-refractivity contribution in [2.75, 3.05) is 9.80 Å². The van der Waals surface area contributed by atoms with Gasteiger partial charge in [-0.05, 0) is 50.2 Å². The van der Waals surface area contributed by atoms with Crippen LogP contribution < -0.4 is 9.80 Å². The summed E-state index contributed by atoms with van der Waals surface area (Å²) in [6.45, 7) is 5.61. The monoisotopic (exact) mass is 407 g/mol. The maximum absolute atomic E-state index is 12.5. The third-order valence-corrected chi connectivity index (χ3v) is 5.23. The van der Waals surface area contributed by atoms with E-state index in [0.29, 0.717) is 17.6 Å². The van der Waals surface area contributed by atoms with Crippen LogP contribution in [-0.4, -0.2) is 23.5 Å². The Morgan fingerprint density at radius 3 is 1.90 bits per heavy atom. The highest BCUT2D eigenvalue weighted by Crippen LogP contribution is 2.40. The van der Waals surface area contributed by atoms with Crippen molar-refractivity contribution in [3.8, 4) is 0 Å². The molecule has 0 radical (unpaired) electrons. The Labute approximate surface area is 180 Å². The fourth-order valence-corrected chi connectivity index (χ4v) is 3.68. The summed E-state index contributed by atoms with van der Waals surface area (Å²) in [4.78, 5) is 30.4. The number of guanidine groups is 1. The van der Waals surface area contributed by atoms with Crippen molar-refractivity contribution >= 4 is 46.3 Å². The molecular formula is C25H21N5O. The molecule has 0 spiro atoms. The number of aliphatic imine (C=N–C) groups is 3. The van der Waals surface area contributed by atoms with E-state index in [-0.39, 0.29) is 5.91 Å². The van der Waals surface area contributed by atoms with Crippen LogP contribution in [0.1, 0.15) is 18.1 Å². The SMILES string of the molecule is CC(=O)N1C2=NC(=Nc3ccc(C)cc3)C(=Nc3ccc(C)cc3)N2c2ccccc21. The Morgan fingerprint density at radius 2 is 1.32 bits per heavy atom. The molecule has 0 N–H and O–H groups in total. The largest absolute Gasteiger partial charge is 0.274 e. The second kappa shape index (κ2) is 7.32. The Kier molecular flexibility index (Phi) is 4.47. The Morgan fingerprint density at radius 1 is 0.774 bits per heavy atom. The summed E-state index contributed by atoms with van der Waals surface area (Å²) in [6, 6.07) is 23.6. The molecule has 0 aromatic heterocycles. The molecule has 31 heavy (non-hydrogen) atoms. The predicted molar refractivity (Wildman–Crippen MR) is 126 cm³/mol. The molecule has 5 rings (SSSR count). The average Bonchev–Trinajstić information content (AvgIpc) is 3.25. The highest BCUT2D eigenvalue weighted by molar-refractivity contribution is 6.60. The van der Waals surface area contributed by atoms with Gasteiger partial charge in [0.2, 0.25) is 11.9 Å². The molecule has 0 saturated heterocycles. The van der Waals surface area contributed by atoms with Gasteiger partial charge >= 0.3 is 0 Å². The van der Waals surface area contributed by atoms with Gasteiger partial charge in [-0.15, -0.1) is 0 Å². The van der Waals surface area contributed by atoms with E-state index in [1.165, 1.54) is 6.92 Å². The number of hydrogen-bond donors (Lipinski definition) is 0. The zero-order valence-electron chi connectivity index (χ0n) is 17.6. The maximum atomic E-state index is 12.5. The number of carbonyl (C=O) groups excluding carboxylic acids is 1. The van der Waals surface area contributed by atoms with Gasteiger partial charge in [0.15, 0.2) is 11.7 Å². The minimum Gasteiger partial charge on any atom is -0.274 e. The van der Waals surface area contributed by atoms with Gasteiger partial charge < -0.3 is 0 Å². The predicted octanol–water partition coefficient (Wildman–Crippen LogP) is 5.31. The molecule has 152 valence electrons. The van der Waals surface area contributed by atoms with Gasteiger partial charge in [0.05, 0.1) is 22.7 Å². The first-order valence-electron chi connectivity index (χ1n) is 10.1. The van der Waals surface area contributed by atoms with Crippen molar-refractivity contribution in [2.45, 2.75) is 20.8 Å². The highest BCUT2D eigenvalue weighted by atomic mass is 16.2. The van der Waals surface area contributed by atoms with E-state index >= 15 is 0 Å². The molecule has 3 aromatic carbocycles. The molecule has 0 fully saturated rings. The summed E-state index contributed by atoms with van der Waals surface area (Å²) in [7, 11) is 0. The van der Waals surface area contributed by atoms with Gasteiger partial charge in [0, 0.05) is 6.92 Å². The Balaban J connectivity index is 1.70. The molecule has 1 amide bonds. The lowest BCUT2D eigenvalue weighted by Gasteiger charge is -2.15. The Hall–Kier alpha value is -4.06. The normalized spacial score (nSPS) is 17.2. The van der Waals surface area contributed by atoms with Crippen molar-refractivity contribution < 1.29 is 4.79 Å². The van der Waals surface area contributed by atoms with Crippen LogP contribution in [0, 0.1) is 13.8 Å². The number of nitrogens with zero attached hydrogens (tertiary/aromatic N) is 5. The number of carbonyl (C=O) groups is 1. The molecular weight excluding hydrogens is 386 g/mol. The smallest absolute Gasteiger partial charge is 0.230 e. The van der Waals surface area contributed by atoms with Crippen molar-refractivity contribution in [3.05, 3.63) is 83.9 Å². The number of rotatable bonds is 2. The molecule has 0 aliphatic carbocycles. The molecule has 3 aromatic rings. The van der Waals surface area contributed by atoms with Crippen molar-refractivity contribution in [1.29, 1.82) is 0 Å². The van der Waals surface area contributed by atoms with Crippen LogP contribution in [0.2, 0.25) is 0 Å². The van der Waals surface area contributed by atoms with Crippen molar-refractivity contribution in [2.24, 2.45) is 15.0 Å². The standard InChI is InChI=1S/C25H21N5O/c1-16-8-12-19(13-9-16)26-23-24(27-20-14-10-17(2)11-15-20)30-22-7-5-4-6-21(22)29(18(3)31)25(30)28-23/h4-15H,1-3H3. The fourth-order valence-electron chi connectivity index (χ4n) is 3.68. The zero-order chi connectivity index (χ0) is 21.5.